The molecular formula is C18H26BrN3O3. The fourth-order valence-corrected chi connectivity index (χ4v) is 2.82. The summed E-state index contributed by atoms with van der Waals surface area (Å²) in [6.07, 6.45) is 1.17. The number of benzene rings is 1. The van der Waals surface area contributed by atoms with E-state index in [4.69, 9.17) is 4.74 Å². The van der Waals surface area contributed by atoms with Gasteiger partial charge in [0.05, 0.1) is 0 Å². The van der Waals surface area contributed by atoms with Crippen LogP contribution < -0.4 is 10.6 Å². The molecule has 2 rings (SSSR count). The topological polar surface area (TPSA) is 70.7 Å². The van der Waals surface area contributed by atoms with Crippen molar-refractivity contribution in [1.29, 1.82) is 0 Å². The number of hydrogen-bond acceptors (Lipinski definition) is 3. The minimum atomic E-state index is -0.487. The van der Waals surface area contributed by atoms with Crippen LogP contribution >= 0.6 is 15.9 Å². The summed E-state index contributed by atoms with van der Waals surface area (Å²) < 4.78 is 6.38. The fourth-order valence-electron chi connectivity index (χ4n) is 2.55. The lowest BCUT2D eigenvalue weighted by molar-refractivity contribution is 0.0201. The van der Waals surface area contributed by atoms with Gasteiger partial charge in [0.25, 0.3) is 0 Å². The molecule has 0 saturated carbocycles. The van der Waals surface area contributed by atoms with Crippen LogP contribution in [0, 0.1) is 0 Å². The lowest BCUT2D eigenvalue weighted by Gasteiger charge is -2.33. The van der Waals surface area contributed by atoms with Crippen molar-refractivity contribution < 1.29 is 14.3 Å². The molecule has 0 atom stereocenters. The molecule has 7 heteroatoms. The van der Waals surface area contributed by atoms with E-state index < -0.39 is 5.60 Å². The van der Waals surface area contributed by atoms with Gasteiger partial charge in [0.15, 0.2) is 0 Å². The first-order chi connectivity index (χ1) is 11.7. The van der Waals surface area contributed by atoms with E-state index in [-0.39, 0.29) is 18.2 Å². The van der Waals surface area contributed by atoms with E-state index in [9.17, 15) is 9.59 Å². The van der Waals surface area contributed by atoms with E-state index in [2.05, 4.69) is 26.6 Å². The number of halogens is 1. The molecule has 6 nitrogen and oxygen atoms in total. The number of amides is 3. The van der Waals surface area contributed by atoms with Crippen molar-refractivity contribution in [1.82, 2.24) is 15.5 Å². The van der Waals surface area contributed by atoms with Crippen molar-refractivity contribution in [3.63, 3.8) is 0 Å². The number of carbonyl (C=O) groups excluding carboxylic acids is 2. The van der Waals surface area contributed by atoms with E-state index in [0.717, 1.165) is 22.9 Å². The van der Waals surface area contributed by atoms with Crippen LogP contribution in [0.2, 0.25) is 0 Å². The van der Waals surface area contributed by atoms with Crippen LogP contribution in [0.1, 0.15) is 39.2 Å². The molecule has 1 aromatic rings. The molecule has 1 aromatic carbocycles. The van der Waals surface area contributed by atoms with Crippen molar-refractivity contribution >= 4 is 28.1 Å². The molecule has 0 aromatic heterocycles. The van der Waals surface area contributed by atoms with Gasteiger partial charge in [-0.3, -0.25) is 0 Å². The third-order valence-corrected chi connectivity index (χ3v) is 4.38. The van der Waals surface area contributed by atoms with E-state index in [1.165, 1.54) is 0 Å². The number of nitrogens with zero attached hydrogens (tertiary/aromatic N) is 1. The fraction of sp³-hybridized carbons (Fsp3) is 0.556. The number of ether oxygens (including phenoxy) is 1. The Morgan fingerprint density at radius 3 is 2.36 bits per heavy atom. The summed E-state index contributed by atoms with van der Waals surface area (Å²) >= 11 is 3.39. The molecule has 1 aliphatic rings. The summed E-state index contributed by atoms with van der Waals surface area (Å²) in [5.74, 6) is 0. The summed E-state index contributed by atoms with van der Waals surface area (Å²) in [6.45, 7) is 7.23. The second-order valence-electron chi connectivity index (χ2n) is 7.20. The van der Waals surface area contributed by atoms with Gasteiger partial charge in [-0.15, -0.1) is 0 Å². The Bertz CT molecular complexity index is 591. The molecule has 0 radical (unpaired) electrons. The van der Waals surface area contributed by atoms with Gasteiger partial charge in [-0.2, -0.15) is 0 Å². The van der Waals surface area contributed by atoms with Crippen molar-refractivity contribution in [2.24, 2.45) is 0 Å². The summed E-state index contributed by atoms with van der Waals surface area (Å²) in [5, 5.41) is 5.83. The Morgan fingerprint density at radius 1 is 1.20 bits per heavy atom. The first-order valence-corrected chi connectivity index (χ1v) is 9.29. The Balaban J connectivity index is 1.69. The summed E-state index contributed by atoms with van der Waals surface area (Å²) in [7, 11) is 0. The lowest BCUT2D eigenvalue weighted by Crippen LogP contribution is -2.49. The highest BCUT2D eigenvalue weighted by molar-refractivity contribution is 9.10. The standard InChI is InChI=1S/C18H26BrN3O3/c1-18(2,3)25-17(24)22-10-8-15(9-11-22)21-16(23)20-12-13-4-6-14(19)7-5-13/h4-7,15H,8-12H2,1-3H3,(H2,20,21,23). The zero-order chi connectivity index (χ0) is 18.4. The van der Waals surface area contributed by atoms with Crippen molar-refractivity contribution in [2.75, 3.05) is 13.1 Å². The molecule has 0 aliphatic carbocycles. The molecule has 1 fully saturated rings. The average molecular weight is 412 g/mol. The van der Waals surface area contributed by atoms with Crippen LogP contribution in [0.3, 0.4) is 0 Å². The normalized spacial score (nSPS) is 15.6. The van der Waals surface area contributed by atoms with Gasteiger partial charge >= 0.3 is 12.1 Å². The van der Waals surface area contributed by atoms with Crippen LogP contribution in [-0.4, -0.2) is 41.8 Å². The van der Waals surface area contributed by atoms with Crippen molar-refractivity contribution in [3.8, 4) is 0 Å². The summed E-state index contributed by atoms with van der Waals surface area (Å²) in [4.78, 5) is 25.7. The molecule has 138 valence electrons. The second kappa shape index (κ2) is 8.56. The average Bonchev–Trinajstić information content (AvgIpc) is 2.53. The maximum atomic E-state index is 12.0. The Hall–Kier alpha value is -1.76. The van der Waals surface area contributed by atoms with Crippen LogP contribution in [0.25, 0.3) is 0 Å². The van der Waals surface area contributed by atoms with Gasteiger partial charge in [0.1, 0.15) is 5.60 Å². The summed E-state index contributed by atoms with van der Waals surface area (Å²) in [5.41, 5.74) is 0.553. The molecule has 1 heterocycles. The maximum Gasteiger partial charge on any atom is 0.410 e. The zero-order valence-corrected chi connectivity index (χ0v) is 16.6. The first-order valence-electron chi connectivity index (χ1n) is 8.50. The SMILES string of the molecule is CC(C)(C)OC(=O)N1CCC(NC(=O)NCc2ccc(Br)cc2)CC1. The molecule has 2 N–H and O–H groups in total. The number of likely N-dealkylation sites (tertiary alicyclic amines) is 1. The molecule has 0 spiro atoms. The zero-order valence-electron chi connectivity index (χ0n) is 15.0. The van der Waals surface area contributed by atoms with Crippen LogP contribution in [0.15, 0.2) is 28.7 Å². The predicted molar refractivity (Wildman–Crippen MR) is 100 cm³/mol. The van der Waals surface area contributed by atoms with E-state index in [0.29, 0.717) is 19.6 Å². The van der Waals surface area contributed by atoms with E-state index in [1.807, 2.05) is 45.0 Å². The number of urea groups is 1. The van der Waals surface area contributed by atoms with Crippen molar-refractivity contribution in [2.45, 2.75) is 51.8 Å². The third-order valence-electron chi connectivity index (χ3n) is 3.85. The van der Waals surface area contributed by atoms with Gasteiger partial charge in [0.2, 0.25) is 0 Å². The second-order valence-corrected chi connectivity index (χ2v) is 8.11. The first kappa shape index (κ1) is 19.6. The Morgan fingerprint density at radius 2 is 1.80 bits per heavy atom. The Labute approximate surface area is 157 Å². The summed E-state index contributed by atoms with van der Waals surface area (Å²) in [6, 6.07) is 7.71. The minimum absolute atomic E-state index is 0.0728. The molecule has 25 heavy (non-hydrogen) atoms. The monoisotopic (exact) mass is 411 g/mol. The highest BCUT2D eigenvalue weighted by Crippen LogP contribution is 2.15. The molecular weight excluding hydrogens is 386 g/mol. The number of rotatable bonds is 3. The van der Waals surface area contributed by atoms with Crippen LogP contribution in [-0.2, 0) is 11.3 Å². The third kappa shape index (κ3) is 6.94. The van der Waals surface area contributed by atoms with Gasteiger partial charge in [-0.1, -0.05) is 28.1 Å². The van der Waals surface area contributed by atoms with Gasteiger partial charge in [-0.05, 0) is 51.3 Å². The minimum Gasteiger partial charge on any atom is -0.444 e. The van der Waals surface area contributed by atoms with E-state index >= 15 is 0 Å². The number of nitrogens with one attached hydrogen (secondary N) is 2. The molecule has 1 aliphatic heterocycles. The Kier molecular flexibility index (Phi) is 6.70. The molecule has 0 bridgehead atoms. The van der Waals surface area contributed by atoms with Crippen LogP contribution in [0.4, 0.5) is 9.59 Å². The van der Waals surface area contributed by atoms with Gasteiger partial charge < -0.3 is 20.3 Å². The highest BCUT2D eigenvalue weighted by atomic mass is 79.9. The largest absolute Gasteiger partial charge is 0.444 e. The number of carbonyl (C=O) groups is 2. The maximum absolute atomic E-state index is 12.0. The quantitative estimate of drug-likeness (QED) is 0.796. The molecule has 3 amide bonds. The lowest BCUT2D eigenvalue weighted by atomic mass is 10.1. The predicted octanol–water partition coefficient (Wildman–Crippen LogP) is 3.65. The smallest absolute Gasteiger partial charge is 0.410 e. The van der Waals surface area contributed by atoms with Crippen molar-refractivity contribution in [3.05, 3.63) is 34.3 Å². The number of piperidine rings is 1. The molecule has 1 saturated heterocycles. The number of hydrogen-bond donors (Lipinski definition) is 2. The van der Waals surface area contributed by atoms with Crippen LogP contribution in [0.5, 0.6) is 0 Å². The van der Waals surface area contributed by atoms with E-state index in [1.54, 1.807) is 4.90 Å². The highest BCUT2D eigenvalue weighted by Gasteiger charge is 2.27. The van der Waals surface area contributed by atoms with Gasteiger partial charge in [-0.25, -0.2) is 9.59 Å². The van der Waals surface area contributed by atoms with Gasteiger partial charge in [0, 0.05) is 30.1 Å². The molecule has 0 unspecified atom stereocenters.